The predicted molar refractivity (Wildman–Crippen MR) is 58.8 cm³/mol. The summed E-state index contributed by atoms with van der Waals surface area (Å²) in [5, 5.41) is 9.48. The SMILES string of the molecule is CN1C[C@H](O)[C@H](C(I)I)C1. The average Bonchev–Trinajstić information content (AvgIpc) is 2.10. The van der Waals surface area contributed by atoms with Gasteiger partial charge in [0.25, 0.3) is 0 Å². The largest absolute Gasteiger partial charge is 0.391 e. The number of alkyl halides is 2. The standard InChI is InChI=1S/C6H11I2NO/c1-9-2-4(6(7)8)5(10)3-9/h4-6,10H,2-3H2,1H3/t4-,5+/m1/s1. The zero-order valence-electron chi connectivity index (χ0n) is 5.80. The molecule has 0 amide bonds. The lowest BCUT2D eigenvalue weighted by Gasteiger charge is -2.13. The van der Waals surface area contributed by atoms with E-state index in [-0.39, 0.29) is 6.10 Å². The summed E-state index contributed by atoms with van der Waals surface area (Å²) in [5.41, 5.74) is 0. The van der Waals surface area contributed by atoms with E-state index >= 15 is 0 Å². The van der Waals surface area contributed by atoms with Crippen LogP contribution in [0.25, 0.3) is 0 Å². The molecule has 1 fully saturated rings. The van der Waals surface area contributed by atoms with E-state index in [4.69, 9.17) is 0 Å². The molecule has 1 saturated heterocycles. The summed E-state index contributed by atoms with van der Waals surface area (Å²) < 4.78 is 0.551. The van der Waals surface area contributed by atoms with Crippen molar-refractivity contribution in [3.8, 4) is 0 Å². The molecule has 0 saturated carbocycles. The van der Waals surface area contributed by atoms with Gasteiger partial charge in [-0.15, -0.1) is 0 Å². The zero-order chi connectivity index (χ0) is 7.72. The Balaban J connectivity index is 2.46. The van der Waals surface area contributed by atoms with Crippen molar-refractivity contribution in [1.29, 1.82) is 0 Å². The van der Waals surface area contributed by atoms with E-state index in [2.05, 4.69) is 57.1 Å². The van der Waals surface area contributed by atoms with Crippen molar-refractivity contribution in [1.82, 2.24) is 4.90 Å². The number of aliphatic hydroxyl groups excluding tert-OH is 1. The molecule has 1 aliphatic rings. The first-order valence-corrected chi connectivity index (χ1v) is 5.75. The molecular formula is C6H11I2NO. The summed E-state index contributed by atoms with van der Waals surface area (Å²) in [7, 11) is 2.05. The summed E-state index contributed by atoms with van der Waals surface area (Å²) in [4.78, 5) is 2.18. The molecule has 1 rings (SSSR count). The topological polar surface area (TPSA) is 23.5 Å². The Morgan fingerprint density at radius 3 is 2.30 bits per heavy atom. The molecule has 0 aromatic carbocycles. The van der Waals surface area contributed by atoms with Crippen molar-refractivity contribution in [3.63, 3.8) is 0 Å². The van der Waals surface area contributed by atoms with E-state index in [0.29, 0.717) is 7.85 Å². The first-order valence-electron chi connectivity index (χ1n) is 3.26. The Labute approximate surface area is 88.6 Å². The Morgan fingerprint density at radius 1 is 1.50 bits per heavy atom. The maximum absolute atomic E-state index is 9.48. The summed E-state index contributed by atoms with van der Waals surface area (Å²) in [5.74, 6) is 0.464. The minimum absolute atomic E-state index is 0.108. The Bertz CT molecular complexity index is 120. The molecule has 1 heterocycles. The molecule has 2 nitrogen and oxygen atoms in total. The molecule has 0 bridgehead atoms. The highest BCUT2D eigenvalue weighted by Gasteiger charge is 2.32. The third-order valence-electron chi connectivity index (χ3n) is 1.84. The van der Waals surface area contributed by atoms with Gasteiger partial charge in [-0.05, 0) is 7.05 Å². The van der Waals surface area contributed by atoms with Crippen LogP contribution in [-0.2, 0) is 0 Å². The van der Waals surface area contributed by atoms with Gasteiger partial charge in [0.2, 0.25) is 0 Å². The zero-order valence-corrected chi connectivity index (χ0v) is 10.1. The van der Waals surface area contributed by atoms with Crippen LogP contribution in [0.2, 0.25) is 0 Å². The number of β-amino-alcohol motifs (C(OH)–C–C–N with tert-alkyl or cyclic N) is 1. The van der Waals surface area contributed by atoms with Gasteiger partial charge in [0, 0.05) is 19.0 Å². The van der Waals surface area contributed by atoms with Gasteiger partial charge in [0.15, 0.2) is 0 Å². The molecule has 0 aromatic heterocycles. The van der Waals surface area contributed by atoms with Crippen molar-refractivity contribution in [2.45, 2.75) is 8.04 Å². The van der Waals surface area contributed by atoms with E-state index < -0.39 is 0 Å². The molecule has 2 atom stereocenters. The van der Waals surface area contributed by atoms with Gasteiger partial charge in [-0.3, -0.25) is 0 Å². The van der Waals surface area contributed by atoms with Crippen LogP contribution in [0, 0.1) is 5.92 Å². The van der Waals surface area contributed by atoms with Crippen molar-refractivity contribution in [3.05, 3.63) is 0 Å². The number of hydrogen-bond acceptors (Lipinski definition) is 2. The van der Waals surface area contributed by atoms with Crippen LogP contribution in [0.1, 0.15) is 0 Å². The average molecular weight is 367 g/mol. The number of nitrogens with zero attached hydrogens (tertiary/aromatic N) is 1. The van der Waals surface area contributed by atoms with Crippen molar-refractivity contribution >= 4 is 45.2 Å². The lowest BCUT2D eigenvalue weighted by Crippen LogP contribution is -2.22. The maximum atomic E-state index is 9.48. The van der Waals surface area contributed by atoms with Gasteiger partial charge in [-0.25, -0.2) is 0 Å². The third kappa shape index (κ3) is 2.18. The first-order chi connectivity index (χ1) is 4.61. The molecule has 4 heteroatoms. The van der Waals surface area contributed by atoms with Crippen LogP contribution in [0.3, 0.4) is 0 Å². The van der Waals surface area contributed by atoms with E-state index in [1.807, 2.05) is 0 Å². The second-order valence-electron chi connectivity index (χ2n) is 2.79. The molecular weight excluding hydrogens is 356 g/mol. The second-order valence-corrected chi connectivity index (χ2v) is 7.85. The van der Waals surface area contributed by atoms with Gasteiger partial charge in [-0.1, -0.05) is 45.2 Å². The van der Waals surface area contributed by atoms with Gasteiger partial charge in [0.05, 0.1) is 8.04 Å². The summed E-state index contributed by atoms with van der Waals surface area (Å²) in [6.45, 7) is 1.88. The molecule has 1 aliphatic heterocycles. The van der Waals surface area contributed by atoms with Crippen LogP contribution in [-0.4, -0.2) is 38.2 Å². The summed E-state index contributed by atoms with van der Waals surface area (Å²) >= 11 is 4.74. The minimum atomic E-state index is -0.108. The fraction of sp³-hybridized carbons (Fsp3) is 1.00. The van der Waals surface area contributed by atoms with E-state index in [1.54, 1.807) is 0 Å². The molecule has 0 radical (unpaired) electrons. The molecule has 0 unspecified atom stereocenters. The molecule has 1 N–H and O–H groups in total. The molecule has 60 valence electrons. The van der Waals surface area contributed by atoms with E-state index in [0.717, 1.165) is 13.1 Å². The lowest BCUT2D eigenvalue weighted by atomic mass is 10.1. The molecule has 0 aliphatic carbocycles. The Hall–Kier alpha value is 1.38. The van der Waals surface area contributed by atoms with Crippen LogP contribution < -0.4 is 0 Å². The fourth-order valence-electron chi connectivity index (χ4n) is 1.26. The smallest absolute Gasteiger partial charge is 0.0724 e. The number of hydrogen-bond donors (Lipinski definition) is 1. The van der Waals surface area contributed by atoms with Gasteiger partial charge >= 0.3 is 0 Å². The number of likely N-dealkylation sites (N-methyl/N-ethyl adjacent to an activating group) is 1. The van der Waals surface area contributed by atoms with E-state index in [1.165, 1.54) is 0 Å². The summed E-state index contributed by atoms with van der Waals surface area (Å²) in [6.07, 6.45) is -0.108. The molecule has 0 aromatic rings. The van der Waals surface area contributed by atoms with Crippen molar-refractivity contribution in [2.75, 3.05) is 20.1 Å². The van der Waals surface area contributed by atoms with Crippen molar-refractivity contribution in [2.24, 2.45) is 5.92 Å². The van der Waals surface area contributed by atoms with Crippen LogP contribution in [0.15, 0.2) is 0 Å². The molecule has 0 spiro atoms. The van der Waals surface area contributed by atoms with Gasteiger partial charge < -0.3 is 10.0 Å². The minimum Gasteiger partial charge on any atom is -0.391 e. The van der Waals surface area contributed by atoms with Crippen LogP contribution >= 0.6 is 45.2 Å². The van der Waals surface area contributed by atoms with Crippen LogP contribution in [0.4, 0.5) is 0 Å². The Kier molecular flexibility index (Phi) is 3.66. The molecule has 10 heavy (non-hydrogen) atoms. The van der Waals surface area contributed by atoms with Crippen LogP contribution in [0.5, 0.6) is 0 Å². The number of aliphatic hydroxyl groups is 1. The highest BCUT2D eigenvalue weighted by molar-refractivity contribution is 14.2. The first kappa shape index (κ1) is 9.47. The summed E-state index contributed by atoms with van der Waals surface area (Å²) in [6, 6.07) is 0. The normalized spacial score (nSPS) is 35.7. The van der Waals surface area contributed by atoms with E-state index in [9.17, 15) is 5.11 Å². The monoisotopic (exact) mass is 367 g/mol. The van der Waals surface area contributed by atoms with Gasteiger partial charge in [-0.2, -0.15) is 0 Å². The second kappa shape index (κ2) is 3.86. The number of halogens is 2. The predicted octanol–water partition coefficient (Wildman–Crippen LogP) is 1.10. The maximum Gasteiger partial charge on any atom is 0.0724 e. The third-order valence-corrected chi connectivity index (χ3v) is 3.69. The Morgan fingerprint density at radius 2 is 2.10 bits per heavy atom. The lowest BCUT2D eigenvalue weighted by molar-refractivity contribution is 0.152. The van der Waals surface area contributed by atoms with Gasteiger partial charge in [0.1, 0.15) is 0 Å². The van der Waals surface area contributed by atoms with Crippen molar-refractivity contribution < 1.29 is 5.11 Å². The fourth-order valence-corrected chi connectivity index (χ4v) is 2.67. The number of rotatable bonds is 1. The highest BCUT2D eigenvalue weighted by atomic mass is 127. The highest BCUT2D eigenvalue weighted by Crippen LogP contribution is 2.28. The quantitative estimate of drug-likeness (QED) is 0.555. The number of likely N-dealkylation sites (tertiary alicyclic amines) is 1.